The van der Waals surface area contributed by atoms with E-state index in [1.807, 2.05) is 26.0 Å². The maximum Gasteiger partial charge on any atom is 0.326 e. The molecule has 0 spiro atoms. The molecule has 0 bridgehead atoms. The van der Waals surface area contributed by atoms with E-state index in [1.165, 1.54) is 0 Å². The van der Waals surface area contributed by atoms with Gasteiger partial charge in [-0.2, -0.15) is 0 Å². The lowest BCUT2D eigenvalue weighted by Gasteiger charge is -2.28. The van der Waals surface area contributed by atoms with E-state index in [9.17, 15) is 9.59 Å². The van der Waals surface area contributed by atoms with Crippen molar-refractivity contribution in [3.8, 4) is 0 Å². The molecule has 2 N–H and O–H groups in total. The standard InChI is InChI=1S/C19H22N4O2S/c1-3-13(2)21-17(24)14-6-4-7-15(12-14)22-19(25)23-10-11-26-18-16(23)8-5-9-20-18/h4-9,12-13H,3,10-11H2,1-2H3,(H,21,24)(H,22,25)/t13-/m1/s1. The van der Waals surface area contributed by atoms with Crippen molar-refractivity contribution in [2.75, 3.05) is 22.5 Å². The molecule has 1 aliphatic rings. The molecule has 0 unspecified atom stereocenters. The predicted molar refractivity (Wildman–Crippen MR) is 105 cm³/mol. The molecule has 2 heterocycles. The molecule has 2 aromatic rings. The van der Waals surface area contributed by atoms with Gasteiger partial charge in [0, 0.05) is 35.8 Å². The molecular weight excluding hydrogens is 348 g/mol. The maximum atomic E-state index is 12.7. The van der Waals surface area contributed by atoms with Gasteiger partial charge >= 0.3 is 6.03 Å². The summed E-state index contributed by atoms with van der Waals surface area (Å²) in [4.78, 5) is 31.0. The highest BCUT2D eigenvalue weighted by atomic mass is 32.2. The van der Waals surface area contributed by atoms with Crippen LogP contribution < -0.4 is 15.5 Å². The SMILES string of the molecule is CC[C@@H](C)NC(=O)c1cccc(NC(=O)N2CCSc3ncccc32)c1. The van der Waals surface area contributed by atoms with E-state index in [1.54, 1.807) is 47.1 Å². The zero-order valence-corrected chi connectivity index (χ0v) is 15.7. The summed E-state index contributed by atoms with van der Waals surface area (Å²) in [6, 6.07) is 10.6. The lowest BCUT2D eigenvalue weighted by Crippen LogP contribution is -2.39. The fourth-order valence-electron chi connectivity index (χ4n) is 2.60. The van der Waals surface area contributed by atoms with Gasteiger partial charge in [-0.3, -0.25) is 9.69 Å². The predicted octanol–water partition coefficient (Wildman–Crippen LogP) is 3.75. The monoisotopic (exact) mass is 370 g/mol. The van der Waals surface area contributed by atoms with Crippen molar-refractivity contribution in [1.29, 1.82) is 0 Å². The number of fused-ring (bicyclic) bond motifs is 1. The van der Waals surface area contributed by atoms with Crippen LogP contribution in [0.5, 0.6) is 0 Å². The summed E-state index contributed by atoms with van der Waals surface area (Å²) in [6.45, 7) is 4.60. The number of nitrogens with zero attached hydrogens (tertiary/aromatic N) is 2. The van der Waals surface area contributed by atoms with Crippen molar-refractivity contribution in [3.05, 3.63) is 48.2 Å². The van der Waals surface area contributed by atoms with Gasteiger partial charge in [0.2, 0.25) is 0 Å². The molecule has 1 aliphatic heterocycles. The van der Waals surface area contributed by atoms with Crippen LogP contribution in [0.4, 0.5) is 16.2 Å². The molecule has 0 fully saturated rings. The summed E-state index contributed by atoms with van der Waals surface area (Å²) in [5.41, 5.74) is 1.93. The molecule has 26 heavy (non-hydrogen) atoms. The van der Waals surface area contributed by atoms with E-state index < -0.39 is 0 Å². The third kappa shape index (κ3) is 4.16. The number of carbonyl (C=O) groups excluding carboxylic acids is 2. The fourth-order valence-corrected chi connectivity index (χ4v) is 3.53. The summed E-state index contributed by atoms with van der Waals surface area (Å²) in [7, 11) is 0. The summed E-state index contributed by atoms with van der Waals surface area (Å²) in [6.07, 6.45) is 2.59. The molecule has 0 saturated carbocycles. The molecule has 3 rings (SSSR count). The first-order valence-corrected chi connectivity index (χ1v) is 9.64. The highest BCUT2D eigenvalue weighted by Gasteiger charge is 2.23. The molecule has 0 aliphatic carbocycles. The van der Waals surface area contributed by atoms with Gasteiger partial charge < -0.3 is 10.6 Å². The number of hydrogen-bond donors (Lipinski definition) is 2. The summed E-state index contributed by atoms with van der Waals surface area (Å²) in [5.74, 6) is 0.661. The van der Waals surface area contributed by atoms with Crippen LogP contribution in [0.3, 0.4) is 0 Å². The van der Waals surface area contributed by atoms with Crippen LogP contribution in [0.15, 0.2) is 47.6 Å². The number of benzene rings is 1. The second kappa shape index (κ2) is 8.23. The number of thioether (sulfide) groups is 1. The van der Waals surface area contributed by atoms with E-state index in [0.717, 1.165) is 22.9 Å². The number of urea groups is 1. The Kier molecular flexibility index (Phi) is 5.78. The molecule has 136 valence electrons. The number of pyridine rings is 1. The number of rotatable bonds is 4. The normalized spacial score (nSPS) is 14.3. The van der Waals surface area contributed by atoms with Crippen LogP contribution >= 0.6 is 11.8 Å². The van der Waals surface area contributed by atoms with E-state index in [0.29, 0.717) is 17.8 Å². The van der Waals surface area contributed by atoms with E-state index in [4.69, 9.17) is 0 Å². The smallest absolute Gasteiger partial charge is 0.326 e. The van der Waals surface area contributed by atoms with Crippen molar-refractivity contribution in [2.24, 2.45) is 0 Å². The topological polar surface area (TPSA) is 74.3 Å². The number of aromatic nitrogens is 1. The third-order valence-corrected chi connectivity index (χ3v) is 5.18. The number of carbonyl (C=O) groups is 2. The number of amides is 3. The quantitative estimate of drug-likeness (QED) is 0.859. The second-order valence-electron chi connectivity index (χ2n) is 6.12. The first-order valence-electron chi connectivity index (χ1n) is 8.65. The van der Waals surface area contributed by atoms with Crippen LogP contribution in [-0.2, 0) is 0 Å². The minimum absolute atomic E-state index is 0.107. The third-order valence-electron chi connectivity index (χ3n) is 4.21. The maximum absolute atomic E-state index is 12.7. The van der Waals surface area contributed by atoms with Gasteiger partial charge in [0.05, 0.1) is 5.69 Å². The average molecular weight is 370 g/mol. The summed E-state index contributed by atoms with van der Waals surface area (Å²) in [5, 5.41) is 6.67. The Bertz CT molecular complexity index is 812. The van der Waals surface area contributed by atoms with Crippen molar-refractivity contribution in [1.82, 2.24) is 10.3 Å². The molecule has 0 saturated heterocycles. The van der Waals surface area contributed by atoms with Gasteiger partial charge in [-0.15, -0.1) is 11.8 Å². The van der Waals surface area contributed by atoms with Gasteiger partial charge in [-0.25, -0.2) is 9.78 Å². The summed E-state index contributed by atoms with van der Waals surface area (Å²) >= 11 is 1.64. The molecule has 1 atom stereocenters. The Morgan fingerprint density at radius 3 is 2.96 bits per heavy atom. The first-order chi connectivity index (χ1) is 12.6. The molecule has 0 radical (unpaired) electrons. The zero-order valence-electron chi connectivity index (χ0n) is 14.9. The number of hydrogen-bond acceptors (Lipinski definition) is 4. The van der Waals surface area contributed by atoms with Gasteiger partial charge in [0.25, 0.3) is 5.91 Å². The van der Waals surface area contributed by atoms with Gasteiger partial charge in [0.15, 0.2) is 0 Å². The van der Waals surface area contributed by atoms with Crippen molar-refractivity contribution in [2.45, 2.75) is 31.3 Å². The molecule has 6 nitrogen and oxygen atoms in total. The lowest BCUT2D eigenvalue weighted by atomic mass is 10.1. The van der Waals surface area contributed by atoms with Crippen LogP contribution in [0.1, 0.15) is 30.6 Å². The van der Waals surface area contributed by atoms with Gasteiger partial charge in [0.1, 0.15) is 5.03 Å². The van der Waals surface area contributed by atoms with Crippen LogP contribution in [-0.4, -0.2) is 35.3 Å². The van der Waals surface area contributed by atoms with Crippen LogP contribution in [0.2, 0.25) is 0 Å². The van der Waals surface area contributed by atoms with Gasteiger partial charge in [-0.05, 0) is 43.7 Å². The van der Waals surface area contributed by atoms with E-state index in [-0.39, 0.29) is 18.0 Å². The molecular formula is C19H22N4O2S. The largest absolute Gasteiger partial charge is 0.350 e. The minimum Gasteiger partial charge on any atom is -0.350 e. The minimum atomic E-state index is -0.223. The highest BCUT2D eigenvalue weighted by molar-refractivity contribution is 7.99. The summed E-state index contributed by atoms with van der Waals surface area (Å²) < 4.78 is 0. The molecule has 7 heteroatoms. The number of anilines is 2. The van der Waals surface area contributed by atoms with Gasteiger partial charge in [-0.1, -0.05) is 13.0 Å². The van der Waals surface area contributed by atoms with Crippen molar-refractivity contribution < 1.29 is 9.59 Å². The van der Waals surface area contributed by atoms with E-state index in [2.05, 4.69) is 15.6 Å². The molecule has 1 aromatic carbocycles. The Balaban J connectivity index is 1.73. The van der Waals surface area contributed by atoms with Crippen molar-refractivity contribution >= 4 is 35.1 Å². The highest BCUT2D eigenvalue weighted by Crippen LogP contribution is 2.32. The van der Waals surface area contributed by atoms with Crippen LogP contribution in [0, 0.1) is 0 Å². The Morgan fingerprint density at radius 2 is 2.15 bits per heavy atom. The lowest BCUT2D eigenvalue weighted by molar-refractivity contribution is 0.0939. The Labute approximate surface area is 157 Å². The molecule has 3 amide bonds. The van der Waals surface area contributed by atoms with E-state index >= 15 is 0 Å². The Morgan fingerprint density at radius 1 is 1.31 bits per heavy atom. The van der Waals surface area contributed by atoms with Crippen LogP contribution in [0.25, 0.3) is 0 Å². The molecule has 1 aromatic heterocycles. The average Bonchev–Trinajstić information content (AvgIpc) is 2.67. The fraction of sp³-hybridized carbons (Fsp3) is 0.316. The Hall–Kier alpha value is -2.54. The first kappa shape index (κ1) is 18.3. The second-order valence-corrected chi connectivity index (χ2v) is 7.21. The van der Waals surface area contributed by atoms with Crippen molar-refractivity contribution in [3.63, 3.8) is 0 Å². The number of nitrogens with one attached hydrogen (secondary N) is 2. The zero-order chi connectivity index (χ0) is 18.5.